The van der Waals surface area contributed by atoms with Crippen molar-refractivity contribution in [1.82, 2.24) is 0 Å². The second kappa shape index (κ2) is 6.90. The van der Waals surface area contributed by atoms with Gasteiger partial charge in [-0.3, -0.25) is 4.90 Å². The number of nitrogens with zero attached hydrogens (tertiary/aromatic N) is 1. The summed E-state index contributed by atoms with van der Waals surface area (Å²) >= 11 is 3.12. The van der Waals surface area contributed by atoms with E-state index in [-0.39, 0.29) is 17.6 Å². The summed E-state index contributed by atoms with van der Waals surface area (Å²) in [4.78, 5) is 13.7. The number of amides is 1. The highest BCUT2D eigenvalue weighted by Gasteiger charge is 2.43. The van der Waals surface area contributed by atoms with Gasteiger partial charge in [-0.2, -0.15) is 0 Å². The lowest BCUT2D eigenvalue weighted by Gasteiger charge is -2.35. The van der Waals surface area contributed by atoms with Crippen molar-refractivity contribution in [3.63, 3.8) is 0 Å². The van der Waals surface area contributed by atoms with Crippen LogP contribution in [-0.4, -0.2) is 33.9 Å². The molecule has 1 saturated heterocycles. The van der Waals surface area contributed by atoms with E-state index in [4.69, 9.17) is 9.16 Å². The topological polar surface area (TPSA) is 38.8 Å². The van der Waals surface area contributed by atoms with Gasteiger partial charge in [0.2, 0.25) is 0 Å². The lowest BCUT2D eigenvalue weighted by molar-refractivity contribution is -0.0143. The monoisotopic (exact) mass is 403 g/mol. The van der Waals surface area contributed by atoms with Crippen molar-refractivity contribution in [2.24, 2.45) is 5.41 Å². The molecule has 1 aliphatic heterocycles. The molecule has 2 rings (SSSR count). The number of benzene rings is 1. The summed E-state index contributed by atoms with van der Waals surface area (Å²) in [7, 11) is -1.29. The quantitative estimate of drug-likeness (QED) is 0.702. The molecule has 1 unspecified atom stereocenters. The summed E-state index contributed by atoms with van der Waals surface area (Å²) in [6.07, 6.45) is -0.993. The van der Waals surface area contributed by atoms with E-state index in [0.717, 1.165) is 0 Å². The normalized spacial score (nSPS) is 20.1. The number of anilines is 1. The van der Waals surface area contributed by atoms with Crippen LogP contribution in [0.2, 0.25) is 13.1 Å². The molecule has 23 heavy (non-hydrogen) atoms. The number of cyclic esters (lactones) is 1. The zero-order chi connectivity index (χ0) is 17.4. The molecular weight excluding hydrogens is 381 g/mol. The predicted octanol–water partition coefficient (Wildman–Crippen LogP) is 4.33. The van der Waals surface area contributed by atoms with Crippen LogP contribution in [0.4, 0.5) is 14.9 Å². The molecule has 0 N–H and O–H groups in total. The van der Waals surface area contributed by atoms with Gasteiger partial charge in [-0.15, -0.1) is 0 Å². The summed E-state index contributed by atoms with van der Waals surface area (Å²) < 4.78 is 25.8. The van der Waals surface area contributed by atoms with E-state index in [1.54, 1.807) is 12.1 Å². The molecule has 0 bridgehead atoms. The van der Waals surface area contributed by atoms with Crippen molar-refractivity contribution in [1.29, 1.82) is 0 Å². The molecule has 1 aliphatic rings. The Morgan fingerprint density at radius 3 is 2.61 bits per heavy atom. The van der Waals surface area contributed by atoms with Crippen molar-refractivity contribution >= 4 is 36.8 Å². The first-order valence-corrected chi connectivity index (χ1v) is 11.3. The van der Waals surface area contributed by atoms with E-state index in [2.05, 4.69) is 49.8 Å². The third kappa shape index (κ3) is 4.33. The maximum atomic E-state index is 13.7. The lowest BCUT2D eigenvalue weighted by Crippen LogP contribution is -2.44. The van der Waals surface area contributed by atoms with Crippen LogP contribution >= 0.6 is 15.9 Å². The summed E-state index contributed by atoms with van der Waals surface area (Å²) in [5.41, 5.74) is 0.344. The molecule has 0 aromatic heterocycles. The molecule has 0 aliphatic carbocycles. The highest BCUT2D eigenvalue weighted by atomic mass is 79.9. The first-order chi connectivity index (χ1) is 10.6. The molecule has 0 radical (unpaired) electrons. The minimum absolute atomic E-state index is 0.150. The van der Waals surface area contributed by atoms with Crippen LogP contribution in [0.15, 0.2) is 22.7 Å². The minimum Gasteiger partial charge on any atom is -0.441 e. The van der Waals surface area contributed by atoms with Gasteiger partial charge in [-0.1, -0.05) is 20.8 Å². The number of carbonyl (C=O) groups excluding carboxylic acids is 1. The molecule has 2 atom stereocenters. The zero-order valence-corrected chi connectivity index (χ0v) is 16.8. The summed E-state index contributed by atoms with van der Waals surface area (Å²) in [6, 6.07) is 4.61. The fourth-order valence-corrected chi connectivity index (χ4v) is 4.07. The van der Waals surface area contributed by atoms with Crippen LogP contribution in [-0.2, 0) is 9.16 Å². The van der Waals surface area contributed by atoms with Crippen LogP contribution in [0.1, 0.15) is 20.8 Å². The van der Waals surface area contributed by atoms with Crippen molar-refractivity contribution in [3.05, 3.63) is 28.5 Å². The maximum absolute atomic E-state index is 13.7. The number of halogens is 2. The van der Waals surface area contributed by atoms with Crippen LogP contribution in [0, 0.1) is 11.2 Å². The van der Waals surface area contributed by atoms with E-state index in [1.165, 1.54) is 11.0 Å². The van der Waals surface area contributed by atoms with Gasteiger partial charge in [0.15, 0.2) is 9.04 Å². The van der Waals surface area contributed by atoms with E-state index in [0.29, 0.717) is 16.7 Å². The Hall–Kier alpha value is -0.923. The van der Waals surface area contributed by atoms with Gasteiger partial charge in [0.1, 0.15) is 11.9 Å². The maximum Gasteiger partial charge on any atom is 0.414 e. The van der Waals surface area contributed by atoms with Crippen molar-refractivity contribution < 1.29 is 18.3 Å². The Bertz CT molecular complexity index is 591. The molecule has 1 aromatic carbocycles. The van der Waals surface area contributed by atoms with Gasteiger partial charge >= 0.3 is 6.09 Å². The molecule has 7 heteroatoms. The summed E-state index contributed by atoms with van der Waals surface area (Å²) in [5.74, 6) is -0.406. The van der Waals surface area contributed by atoms with Crippen LogP contribution in [0.25, 0.3) is 0 Å². The number of hydrogen-bond donors (Lipinski definition) is 0. The van der Waals surface area contributed by atoms with Crippen molar-refractivity contribution in [2.45, 2.75) is 46.1 Å². The van der Waals surface area contributed by atoms with Gasteiger partial charge < -0.3 is 9.16 Å². The second-order valence-corrected chi connectivity index (χ2v) is 10.3. The Morgan fingerprint density at radius 2 is 2.09 bits per heavy atom. The highest BCUT2D eigenvalue weighted by molar-refractivity contribution is 9.10. The lowest BCUT2D eigenvalue weighted by atomic mass is 9.86. The number of hydrogen-bond acceptors (Lipinski definition) is 3. The highest BCUT2D eigenvalue weighted by Crippen LogP contribution is 2.33. The molecule has 1 fully saturated rings. The average molecular weight is 404 g/mol. The molecule has 0 saturated carbocycles. The first kappa shape index (κ1) is 18.4. The third-order valence-electron chi connectivity index (χ3n) is 3.66. The summed E-state index contributed by atoms with van der Waals surface area (Å²) in [6.45, 7) is 10.8. The van der Waals surface area contributed by atoms with Crippen LogP contribution < -0.4 is 4.90 Å². The fraction of sp³-hybridized carbons (Fsp3) is 0.562. The SMILES string of the molecule is C[SiH](C)O[C@H](C1CN(c2ccc(Br)c(F)c2)C(=O)O1)C(C)(C)C. The summed E-state index contributed by atoms with van der Waals surface area (Å²) in [5, 5.41) is 0. The Balaban J connectivity index is 2.22. The Kier molecular flexibility index (Phi) is 5.53. The van der Waals surface area contributed by atoms with Gasteiger partial charge in [-0.05, 0) is 52.6 Å². The number of rotatable bonds is 4. The Morgan fingerprint density at radius 1 is 1.43 bits per heavy atom. The van der Waals surface area contributed by atoms with Gasteiger partial charge in [0.05, 0.1) is 22.8 Å². The number of carbonyl (C=O) groups is 1. The first-order valence-electron chi connectivity index (χ1n) is 7.68. The van der Waals surface area contributed by atoms with E-state index in [9.17, 15) is 9.18 Å². The second-order valence-electron chi connectivity index (χ2n) is 7.10. The van der Waals surface area contributed by atoms with E-state index >= 15 is 0 Å². The average Bonchev–Trinajstić information content (AvgIpc) is 2.79. The molecule has 1 heterocycles. The predicted molar refractivity (Wildman–Crippen MR) is 94.9 cm³/mol. The largest absolute Gasteiger partial charge is 0.441 e. The molecule has 1 aromatic rings. The third-order valence-corrected chi connectivity index (χ3v) is 5.14. The van der Waals surface area contributed by atoms with Crippen LogP contribution in [0.5, 0.6) is 0 Å². The smallest absolute Gasteiger partial charge is 0.414 e. The van der Waals surface area contributed by atoms with Gasteiger partial charge in [-0.25, -0.2) is 9.18 Å². The molecular formula is C16H23BrFNO3Si. The fourth-order valence-electron chi connectivity index (χ4n) is 2.65. The van der Waals surface area contributed by atoms with Crippen molar-refractivity contribution in [3.8, 4) is 0 Å². The minimum atomic E-state index is -1.29. The van der Waals surface area contributed by atoms with E-state index in [1.807, 2.05) is 0 Å². The molecule has 1 amide bonds. The molecule has 0 spiro atoms. The standard InChI is InChI=1S/C16H23BrFNO3Si/c1-16(2,3)14(22-23(4)5)13-9-19(15(20)21-13)10-6-7-11(17)12(18)8-10/h6-8,13-14,23H,9H2,1-5H3/t13?,14-/m1/s1. The van der Waals surface area contributed by atoms with E-state index < -0.39 is 21.0 Å². The molecule has 4 nitrogen and oxygen atoms in total. The Labute approximate surface area is 146 Å². The van der Waals surface area contributed by atoms with Gasteiger partial charge in [0, 0.05) is 0 Å². The van der Waals surface area contributed by atoms with Gasteiger partial charge in [0.25, 0.3) is 0 Å². The van der Waals surface area contributed by atoms with Crippen molar-refractivity contribution in [2.75, 3.05) is 11.4 Å². The number of ether oxygens (including phenoxy) is 1. The zero-order valence-electron chi connectivity index (χ0n) is 14.1. The van der Waals surface area contributed by atoms with Crippen LogP contribution in [0.3, 0.4) is 0 Å². The molecule has 128 valence electrons.